The molecule has 0 unspecified atom stereocenters. The normalized spacial score (nSPS) is 12.3. The number of halogens is 4. The Morgan fingerprint density at radius 1 is 0.315 bits per heavy atom. The maximum atomic E-state index is 5.47. The van der Waals surface area contributed by atoms with Gasteiger partial charge < -0.3 is 0 Å². The molecule has 0 saturated heterocycles. The van der Waals surface area contributed by atoms with Crippen LogP contribution in [0.2, 0.25) is 0 Å². The van der Waals surface area contributed by atoms with E-state index in [0.29, 0.717) is 47.3 Å². The molecule has 0 fully saturated rings. The van der Waals surface area contributed by atoms with Crippen molar-refractivity contribution in [3.63, 3.8) is 0 Å². The van der Waals surface area contributed by atoms with Gasteiger partial charge in [-0.15, -0.1) is 0 Å². The van der Waals surface area contributed by atoms with E-state index in [2.05, 4.69) is 338 Å². The number of hydrogen-bond donors (Lipinski definition) is 0. The summed E-state index contributed by atoms with van der Waals surface area (Å²) in [4.78, 5) is 21.2. The van der Waals surface area contributed by atoms with Crippen molar-refractivity contribution in [1.29, 1.82) is 0 Å². The van der Waals surface area contributed by atoms with Crippen molar-refractivity contribution in [1.82, 2.24) is 19.6 Å². The molecule has 488 valence electrons. The van der Waals surface area contributed by atoms with Crippen molar-refractivity contribution in [2.45, 2.75) is 158 Å². The van der Waals surface area contributed by atoms with Crippen molar-refractivity contribution in [2.24, 2.45) is 20.0 Å². The summed E-state index contributed by atoms with van der Waals surface area (Å²) in [6.45, 7) is 35.7. The van der Waals surface area contributed by atoms with Gasteiger partial charge in [-0.3, -0.25) is 9.98 Å². The molecule has 0 aliphatic carbocycles. The Bertz CT molecular complexity index is 3770. The van der Waals surface area contributed by atoms with E-state index in [9.17, 15) is 0 Å². The molecule has 8 aromatic carbocycles. The first kappa shape index (κ1) is 73.7. The van der Waals surface area contributed by atoms with E-state index in [4.69, 9.17) is 30.2 Å². The molecule has 0 amide bonds. The first-order valence-corrected chi connectivity index (χ1v) is 41.4. The van der Waals surface area contributed by atoms with Crippen LogP contribution < -0.4 is 0 Å². The first-order valence-electron chi connectivity index (χ1n) is 31.7. The van der Waals surface area contributed by atoms with Gasteiger partial charge in [0.15, 0.2) is 11.7 Å². The topological polar surface area (TPSA) is 85.1 Å². The van der Waals surface area contributed by atoms with Crippen molar-refractivity contribution in [2.75, 3.05) is 0 Å². The number of aromatic nitrogens is 4. The molecule has 2 heterocycles. The predicted molar refractivity (Wildman–Crippen MR) is 404 cm³/mol. The van der Waals surface area contributed by atoms with Crippen molar-refractivity contribution in [3.8, 4) is 0 Å². The molecule has 0 radical (unpaired) electrons. The number of rotatable bonds is 16. The van der Waals surface area contributed by atoms with Gasteiger partial charge in [0.25, 0.3) is 0 Å². The summed E-state index contributed by atoms with van der Waals surface area (Å²) in [7, 11) is 2.50. The van der Waals surface area contributed by atoms with Gasteiger partial charge in [0.2, 0.25) is 0 Å². The molecule has 8 nitrogen and oxygen atoms in total. The van der Waals surface area contributed by atoms with Crippen LogP contribution in [0.15, 0.2) is 202 Å². The van der Waals surface area contributed by atoms with Crippen LogP contribution in [0.3, 0.4) is 0 Å². The van der Waals surface area contributed by atoms with Crippen LogP contribution in [0.1, 0.15) is 225 Å². The van der Waals surface area contributed by atoms with Gasteiger partial charge in [0.1, 0.15) is 11.4 Å². The zero-order valence-electron chi connectivity index (χ0n) is 55.8. The quantitative estimate of drug-likeness (QED) is 0.0548. The third-order valence-corrected chi connectivity index (χ3v) is 16.1. The summed E-state index contributed by atoms with van der Waals surface area (Å²) < 4.78 is 4.01. The van der Waals surface area contributed by atoms with E-state index < -0.39 is 0 Å². The first-order chi connectivity index (χ1) is 44.2. The number of aliphatic imine (C=N–C) groups is 4. The monoisotopic (exact) mass is 1570 g/mol. The second-order valence-corrected chi connectivity index (χ2v) is 35.2. The van der Waals surface area contributed by atoms with Crippen LogP contribution in [0.4, 0.5) is 22.7 Å². The average Bonchev–Trinajstić information content (AvgIpc) is 1.59. The molecule has 0 N–H and O–H groups in total. The molecule has 0 spiro atoms. The number of para-hydroxylation sites is 6. The fourth-order valence-corrected chi connectivity index (χ4v) is 11.4. The second-order valence-electron chi connectivity index (χ2n) is 25.2. The molecule has 10 rings (SSSR count). The molecule has 0 atom stereocenters. The van der Waals surface area contributed by atoms with E-state index in [1.165, 1.54) is 66.3 Å². The number of hydrogen-bond acceptors (Lipinski definition) is 6. The maximum absolute atomic E-state index is 5.47. The molecule has 0 saturated carbocycles. The Labute approximate surface area is 588 Å². The Balaban J connectivity index is 0.000000241. The zero-order valence-corrected chi connectivity index (χ0v) is 64.1. The van der Waals surface area contributed by atoms with Crippen molar-refractivity contribution in [3.05, 3.63) is 249 Å². The van der Waals surface area contributed by atoms with Crippen LogP contribution >= 0.6 is 56.9 Å². The average molecular weight is 1570 g/mol. The molecular weight excluding hydrogens is 1490 g/mol. The van der Waals surface area contributed by atoms with Crippen LogP contribution in [-0.4, -0.2) is 43.7 Å². The third-order valence-electron chi connectivity index (χ3n) is 16.1. The Morgan fingerprint density at radius 3 is 0.793 bits per heavy atom. The van der Waals surface area contributed by atoms with Gasteiger partial charge in [-0.05, 0) is 104 Å². The fourth-order valence-electron chi connectivity index (χ4n) is 11.4. The number of nitrogens with zero attached hydrogens (tertiary/aromatic N) is 8. The Hall–Kier alpha value is -5.71. The van der Waals surface area contributed by atoms with E-state index in [0.717, 1.165) is 78.7 Å². The van der Waals surface area contributed by atoms with Gasteiger partial charge in [0, 0.05) is 21.9 Å². The zero-order chi connectivity index (χ0) is 66.8. The van der Waals surface area contributed by atoms with Gasteiger partial charge >= 0.3 is 78.7 Å². The minimum absolute atomic E-state index is 0.336. The van der Waals surface area contributed by atoms with Gasteiger partial charge in [-0.1, -0.05) is 281 Å². The SMILES string of the molecule is CC(C)c1cccc(C(C)C)c1N=Cc1nn(C(=Nc2c(C(C)C)cccc2C(C)C)c2ccccc2)c2ccccc12.CC(C)c1cccc(C(C)C)c1N=Cc1nn(C(=Nc2c(C(C)C)cccc2C(C)C)c2ccccc2)c2ccccc12.[Br][Ni][Br].[Br][Ni][Br]. The van der Waals surface area contributed by atoms with E-state index in [1.54, 1.807) is 0 Å². The van der Waals surface area contributed by atoms with Gasteiger partial charge in [-0.25, -0.2) is 19.3 Å². The van der Waals surface area contributed by atoms with Crippen molar-refractivity contribution < 1.29 is 21.8 Å². The van der Waals surface area contributed by atoms with Crippen molar-refractivity contribution >= 4 is 126 Å². The van der Waals surface area contributed by atoms with Crippen LogP contribution in [0.5, 0.6) is 0 Å². The fraction of sp³-hybridized carbons (Fsp3) is 0.308. The Kier molecular flexibility index (Phi) is 28.6. The Morgan fingerprint density at radius 2 is 0.543 bits per heavy atom. The molecule has 10 aromatic rings. The summed E-state index contributed by atoms with van der Waals surface area (Å²) >= 11 is 12.0. The molecule has 92 heavy (non-hydrogen) atoms. The summed E-state index contributed by atoms with van der Waals surface area (Å²) in [5.41, 5.74) is 19.8. The summed E-state index contributed by atoms with van der Waals surface area (Å²) in [5, 5.41) is 12.5. The minimum atomic E-state index is 0.336. The van der Waals surface area contributed by atoms with Crippen LogP contribution in [-0.2, 0) is 21.8 Å². The number of benzene rings is 8. The molecule has 0 bridgehead atoms. The van der Waals surface area contributed by atoms with E-state index >= 15 is 0 Å². The molecule has 0 aliphatic rings. The predicted octanol–water partition coefficient (Wildman–Crippen LogP) is 25.2. The van der Waals surface area contributed by atoms with E-state index in [1.807, 2.05) is 33.9 Å². The molecular formula is C78H88Br4N8Ni2. The molecule has 2 aromatic heterocycles. The second kappa shape index (κ2) is 35.7. The van der Waals surface area contributed by atoms with E-state index in [-0.39, 0.29) is 0 Å². The molecule has 14 heteroatoms. The molecule has 0 aliphatic heterocycles. The van der Waals surface area contributed by atoms with Crippen LogP contribution in [0, 0.1) is 0 Å². The van der Waals surface area contributed by atoms with Crippen LogP contribution in [0.25, 0.3) is 21.8 Å². The summed E-state index contributed by atoms with van der Waals surface area (Å²) in [6.07, 6.45) is 3.88. The standard InChI is InChI=1S/2C39H44N4.4BrH.2Ni/c2*1-25(2)30-19-14-20-31(26(3)4)37(30)40-24-35-34-18-12-13-23-36(34)43(42-35)39(29-16-10-9-11-17-29)41-38-32(27(5)6)21-15-22-33(38)28(7)8;;;;;;/h2*9-28H,1-8H3;4*1H;;/q;;;;;;2*+2/p-4. The third kappa shape index (κ3) is 18.4. The van der Waals surface area contributed by atoms with Gasteiger partial charge in [0.05, 0.1) is 46.2 Å². The number of fused-ring (bicyclic) bond motifs is 2. The summed E-state index contributed by atoms with van der Waals surface area (Å²) in [5.74, 6) is 4.42. The summed E-state index contributed by atoms with van der Waals surface area (Å²) in [6, 6.07) is 63.8. The van der Waals surface area contributed by atoms with Gasteiger partial charge in [-0.2, -0.15) is 10.2 Å².